The molecule has 4 rings (SSSR count). The summed E-state index contributed by atoms with van der Waals surface area (Å²) >= 11 is 12.3. The van der Waals surface area contributed by atoms with Crippen LogP contribution in [-0.2, 0) is 6.42 Å². The van der Waals surface area contributed by atoms with Gasteiger partial charge < -0.3 is 20.4 Å². The Morgan fingerprint density at radius 3 is 3.00 bits per heavy atom. The zero-order chi connectivity index (χ0) is 16.5. The largest absolute Gasteiger partial charge is 0.485 e. The summed E-state index contributed by atoms with van der Waals surface area (Å²) in [6.07, 6.45) is 0.743. The second-order valence-corrected chi connectivity index (χ2v) is 6.15. The van der Waals surface area contributed by atoms with Gasteiger partial charge in [-0.3, -0.25) is 0 Å². The zero-order valence-corrected chi connectivity index (χ0v) is 14.2. The van der Waals surface area contributed by atoms with Crippen molar-refractivity contribution in [3.8, 4) is 5.75 Å². The number of halogens is 2. The first-order chi connectivity index (χ1) is 11.7. The molecule has 0 atom stereocenters. The number of hydrogen-bond acceptors (Lipinski definition) is 5. The van der Waals surface area contributed by atoms with Crippen LogP contribution in [0.25, 0.3) is 10.9 Å². The minimum Gasteiger partial charge on any atom is -0.485 e. The number of aromatic amines is 1. The third-order valence-corrected chi connectivity index (χ3v) is 4.40. The van der Waals surface area contributed by atoms with E-state index in [1.165, 1.54) is 0 Å². The number of rotatable bonds is 4. The van der Waals surface area contributed by atoms with Crippen LogP contribution >= 0.6 is 23.2 Å². The zero-order valence-electron chi connectivity index (χ0n) is 12.7. The molecule has 0 bridgehead atoms. The van der Waals surface area contributed by atoms with Gasteiger partial charge in [0.1, 0.15) is 11.8 Å². The van der Waals surface area contributed by atoms with Crippen molar-refractivity contribution in [2.45, 2.75) is 6.42 Å². The summed E-state index contributed by atoms with van der Waals surface area (Å²) in [6.45, 7) is 1.91. The molecule has 0 unspecified atom stereocenters. The summed E-state index contributed by atoms with van der Waals surface area (Å²) in [4.78, 5) is 11.6. The smallest absolute Gasteiger partial charge is 0.226 e. The van der Waals surface area contributed by atoms with Gasteiger partial charge in [0, 0.05) is 17.4 Å². The normalized spacial score (nSPS) is 13.2. The van der Waals surface area contributed by atoms with Gasteiger partial charge >= 0.3 is 0 Å². The molecule has 0 saturated heterocycles. The van der Waals surface area contributed by atoms with E-state index >= 15 is 0 Å². The van der Waals surface area contributed by atoms with Gasteiger partial charge in [0.25, 0.3) is 0 Å². The maximum absolute atomic E-state index is 6.33. The molecule has 0 aliphatic carbocycles. The number of para-hydroxylation sites is 1. The van der Waals surface area contributed by atoms with Gasteiger partial charge in [-0.1, -0.05) is 29.8 Å². The molecule has 8 heteroatoms. The van der Waals surface area contributed by atoms with Crippen molar-refractivity contribution in [2.75, 3.05) is 30.3 Å². The number of ether oxygens (including phenoxy) is 1. The highest BCUT2D eigenvalue weighted by molar-refractivity contribution is 6.31. The van der Waals surface area contributed by atoms with E-state index in [0.717, 1.165) is 22.9 Å². The fraction of sp³-hybridized carbons (Fsp3) is 0.250. The number of anilines is 2. The third kappa shape index (κ3) is 2.83. The molecule has 3 N–H and O–H groups in total. The van der Waals surface area contributed by atoms with E-state index in [-0.39, 0.29) is 5.28 Å². The van der Waals surface area contributed by atoms with Crippen molar-refractivity contribution >= 4 is 45.7 Å². The van der Waals surface area contributed by atoms with Crippen LogP contribution in [0.2, 0.25) is 10.4 Å². The Balaban J connectivity index is 1.53. The van der Waals surface area contributed by atoms with Crippen LogP contribution in [0.3, 0.4) is 0 Å². The van der Waals surface area contributed by atoms with E-state index in [1.54, 1.807) is 0 Å². The average molecular weight is 364 g/mol. The Morgan fingerprint density at radius 1 is 1.21 bits per heavy atom. The Bertz CT molecular complexity index is 896. The van der Waals surface area contributed by atoms with Gasteiger partial charge in [0.05, 0.1) is 6.54 Å². The number of fused-ring (bicyclic) bond motifs is 2. The first-order valence-corrected chi connectivity index (χ1v) is 8.41. The van der Waals surface area contributed by atoms with Gasteiger partial charge in [-0.05, 0) is 29.7 Å². The summed E-state index contributed by atoms with van der Waals surface area (Å²) in [5, 5.41) is 8.40. The van der Waals surface area contributed by atoms with Crippen LogP contribution in [0.15, 0.2) is 24.3 Å². The lowest BCUT2D eigenvalue weighted by molar-refractivity contribution is 0.321. The lowest BCUT2D eigenvalue weighted by Crippen LogP contribution is -2.21. The Morgan fingerprint density at radius 2 is 2.08 bits per heavy atom. The van der Waals surface area contributed by atoms with Gasteiger partial charge in [0.15, 0.2) is 11.6 Å². The molecular weight excluding hydrogens is 349 g/mol. The van der Waals surface area contributed by atoms with Crippen molar-refractivity contribution < 1.29 is 4.74 Å². The highest BCUT2D eigenvalue weighted by atomic mass is 35.5. The lowest BCUT2D eigenvalue weighted by Gasteiger charge is -2.20. The number of nitrogens with one attached hydrogen (secondary N) is 3. The molecule has 1 aliphatic heterocycles. The molecule has 3 aromatic rings. The summed E-state index contributed by atoms with van der Waals surface area (Å²) < 4.78 is 5.65. The van der Waals surface area contributed by atoms with Crippen LogP contribution < -0.4 is 15.4 Å². The molecule has 0 fully saturated rings. The molecule has 1 aliphatic rings. The lowest BCUT2D eigenvalue weighted by atomic mass is 10.1. The van der Waals surface area contributed by atoms with Crippen LogP contribution in [0.5, 0.6) is 5.75 Å². The molecule has 0 spiro atoms. The van der Waals surface area contributed by atoms with Crippen LogP contribution in [-0.4, -0.2) is 34.6 Å². The molecule has 0 radical (unpaired) electrons. The van der Waals surface area contributed by atoms with E-state index in [9.17, 15) is 0 Å². The number of benzene rings is 1. The molecule has 2 aromatic heterocycles. The van der Waals surface area contributed by atoms with E-state index in [1.807, 2.05) is 18.2 Å². The van der Waals surface area contributed by atoms with Crippen molar-refractivity contribution in [3.63, 3.8) is 0 Å². The van der Waals surface area contributed by atoms with Gasteiger partial charge in [-0.25, -0.2) is 0 Å². The maximum Gasteiger partial charge on any atom is 0.226 e. The van der Waals surface area contributed by atoms with E-state index in [0.29, 0.717) is 42.2 Å². The van der Waals surface area contributed by atoms with Gasteiger partial charge in [0.2, 0.25) is 11.0 Å². The highest BCUT2D eigenvalue weighted by Crippen LogP contribution is 2.33. The Hall–Kier alpha value is -2.18. The van der Waals surface area contributed by atoms with E-state index < -0.39 is 0 Å². The van der Waals surface area contributed by atoms with Gasteiger partial charge in [-0.2, -0.15) is 9.97 Å². The SMILES string of the molecule is Clc1nc2c(c(NCCc3c(Cl)[nH]c4ccccc34)n1)OCCN2. The third-order valence-electron chi connectivity index (χ3n) is 3.91. The van der Waals surface area contributed by atoms with Crippen molar-refractivity contribution in [3.05, 3.63) is 40.3 Å². The quantitative estimate of drug-likeness (QED) is 0.616. The summed E-state index contributed by atoms with van der Waals surface area (Å²) in [6, 6.07) is 8.06. The number of aromatic nitrogens is 3. The van der Waals surface area contributed by atoms with Crippen LogP contribution in [0.1, 0.15) is 5.56 Å². The second-order valence-electron chi connectivity index (χ2n) is 5.43. The second kappa shape index (κ2) is 6.37. The summed E-state index contributed by atoms with van der Waals surface area (Å²) in [5.41, 5.74) is 2.11. The first kappa shape index (κ1) is 15.4. The predicted molar refractivity (Wildman–Crippen MR) is 96.5 cm³/mol. The van der Waals surface area contributed by atoms with Crippen molar-refractivity contribution in [1.82, 2.24) is 15.0 Å². The molecule has 6 nitrogen and oxygen atoms in total. The number of hydrogen-bond donors (Lipinski definition) is 3. The summed E-state index contributed by atoms with van der Waals surface area (Å²) in [7, 11) is 0. The van der Waals surface area contributed by atoms with Crippen molar-refractivity contribution in [2.24, 2.45) is 0 Å². The monoisotopic (exact) mass is 363 g/mol. The standard InChI is InChI=1S/C16H15Cl2N5O/c17-13-10(9-3-1-2-4-11(9)21-13)5-6-19-14-12-15(20-7-8-24-12)23-16(18)22-14/h1-4,21H,5-8H2,(H2,19,20,22,23). The van der Waals surface area contributed by atoms with E-state index in [2.05, 4.69) is 31.7 Å². The fourth-order valence-corrected chi connectivity index (χ4v) is 3.31. The number of H-pyrrole nitrogens is 1. The van der Waals surface area contributed by atoms with Crippen LogP contribution in [0, 0.1) is 0 Å². The molecule has 3 heterocycles. The average Bonchev–Trinajstić information content (AvgIpc) is 2.90. The van der Waals surface area contributed by atoms with Crippen LogP contribution in [0.4, 0.5) is 11.6 Å². The fourth-order valence-electron chi connectivity index (χ4n) is 2.84. The number of nitrogens with zero attached hydrogens (tertiary/aromatic N) is 2. The minimum atomic E-state index is 0.180. The molecule has 24 heavy (non-hydrogen) atoms. The first-order valence-electron chi connectivity index (χ1n) is 7.65. The highest BCUT2D eigenvalue weighted by Gasteiger charge is 2.19. The molecule has 124 valence electrons. The maximum atomic E-state index is 6.33. The van der Waals surface area contributed by atoms with E-state index in [4.69, 9.17) is 27.9 Å². The van der Waals surface area contributed by atoms with Crippen molar-refractivity contribution in [1.29, 1.82) is 0 Å². The minimum absolute atomic E-state index is 0.180. The Kier molecular flexibility index (Phi) is 4.08. The summed E-state index contributed by atoms with van der Waals surface area (Å²) in [5.74, 6) is 1.82. The molecule has 0 saturated carbocycles. The Labute approximate surface area is 148 Å². The molecular formula is C16H15Cl2N5O. The van der Waals surface area contributed by atoms with Gasteiger partial charge in [-0.15, -0.1) is 0 Å². The molecule has 1 aromatic carbocycles. The topological polar surface area (TPSA) is 74.9 Å². The molecule has 0 amide bonds. The predicted octanol–water partition coefficient (Wildman–Crippen LogP) is 3.72.